The van der Waals surface area contributed by atoms with Gasteiger partial charge in [0.15, 0.2) is 5.60 Å². The molecule has 0 spiro atoms. The Hall–Kier alpha value is -2.73. The quantitative estimate of drug-likeness (QED) is 0.345. The zero-order valence-electron chi connectivity index (χ0n) is 14.1. The van der Waals surface area contributed by atoms with Crippen LogP contribution in [0.2, 0.25) is 0 Å². The lowest BCUT2D eigenvalue weighted by Crippen LogP contribution is -2.35. The normalized spacial score (nSPS) is 16.8. The monoisotopic (exact) mass is 331 g/mol. The van der Waals surface area contributed by atoms with Crippen molar-refractivity contribution in [2.24, 2.45) is 11.0 Å². The number of benzene rings is 2. The predicted molar refractivity (Wildman–Crippen MR) is 99.0 cm³/mol. The van der Waals surface area contributed by atoms with Gasteiger partial charge >= 0.3 is 0 Å². The molecule has 0 bridgehead atoms. The highest BCUT2D eigenvalue weighted by Gasteiger charge is 2.38. The van der Waals surface area contributed by atoms with Gasteiger partial charge in [0.05, 0.1) is 0 Å². The molecule has 2 aromatic carbocycles. The van der Waals surface area contributed by atoms with E-state index in [0.717, 1.165) is 31.2 Å². The molecule has 0 aliphatic heterocycles. The zero-order chi connectivity index (χ0) is 17.5. The standard InChI is InChI=1S/C21H21N3O/c22-24-23-20-14-8-7-13-19(20)21(25,18-11-5-2-6-12-18)16-15-17-9-3-1-4-10-17/h1,3-4,7-10,13-14,18,25H,2,5-6,11-12H2. The lowest BCUT2D eigenvalue weighted by atomic mass is 9.73. The predicted octanol–water partition coefficient (Wildman–Crippen LogP) is 5.45. The average Bonchev–Trinajstić information content (AvgIpc) is 2.68. The Morgan fingerprint density at radius 2 is 1.68 bits per heavy atom. The lowest BCUT2D eigenvalue weighted by Gasteiger charge is -2.35. The molecule has 1 unspecified atom stereocenters. The maximum atomic E-state index is 11.6. The van der Waals surface area contributed by atoms with E-state index in [1.54, 1.807) is 12.1 Å². The van der Waals surface area contributed by atoms with E-state index in [9.17, 15) is 5.11 Å². The molecule has 126 valence electrons. The van der Waals surface area contributed by atoms with Crippen LogP contribution < -0.4 is 0 Å². The molecular formula is C21H21N3O. The van der Waals surface area contributed by atoms with Crippen LogP contribution in [0, 0.1) is 17.8 Å². The highest BCUT2D eigenvalue weighted by Crippen LogP contribution is 2.42. The van der Waals surface area contributed by atoms with Crippen molar-refractivity contribution in [1.82, 2.24) is 0 Å². The number of aliphatic hydroxyl groups is 1. The largest absolute Gasteiger partial charge is 0.373 e. The molecular weight excluding hydrogens is 310 g/mol. The van der Waals surface area contributed by atoms with E-state index in [1.807, 2.05) is 42.5 Å². The van der Waals surface area contributed by atoms with E-state index < -0.39 is 5.60 Å². The molecule has 3 rings (SSSR count). The first-order chi connectivity index (χ1) is 12.2. The molecule has 1 aliphatic rings. The van der Waals surface area contributed by atoms with Gasteiger partial charge in [-0.3, -0.25) is 0 Å². The minimum atomic E-state index is -1.32. The summed E-state index contributed by atoms with van der Waals surface area (Å²) in [6.45, 7) is 0. The minimum Gasteiger partial charge on any atom is -0.373 e. The Labute approximate surface area is 148 Å². The second-order valence-electron chi connectivity index (χ2n) is 6.42. The van der Waals surface area contributed by atoms with E-state index in [-0.39, 0.29) is 5.92 Å². The first-order valence-corrected chi connectivity index (χ1v) is 8.69. The van der Waals surface area contributed by atoms with Crippen LogP contribution in [-0.2, 0) is 5.60 Å². The van der Waals surface area contributed by atoms with Gasteiger partial charge in [-0.15, -0.1) is 0 Å². The molecule has 0 heterocycles. The molecule has 2 aromatic rings. The lowest BCUT2D eigenvalue weighted by molar-refractivity contribution is 0.0165. The van der Waals surface area contributed by atoms with Crippen LogP contribution in [0.4, 0.5) is 5.69 Å². The van der Waals surface area contributed by atoms with Gasteiger partial charge < -0.3 is 5.11 Å². The van der Waals surface area contributed by atoms with Crippen LogP contribution >= 0.6 is 0 Å². The topological polar surface area (TPSA) is 69.0 Å². The summed E-state index contributed by atoms with van der Waals surface area (Å²) in [5.41, 5.74) is 9.45. The van der Waals surface area contributed by atoms with Crippen molar-refractivity contribution in [2.45, 2.75) is 37.7 Å². The van der Waals surface area contributed by atoms with E-state index in [4.69, 9.17) is 5.53 Å². The maximum absolute atomic E-state index is 11.6. The molecule has 1 N–H and O–H groups in total. The van der Waals surface area contributed by atoms with Gasteiger partial charge in [0.2, 0.25) is 0 Å². The third-order valence-electron chi connectivity index (χ3n) is 4.83. The maximum Gasteiger partial charge on any atom is 0.154 e. The highest BCUT2D eigenvalue weighted by atomic mass is 16.3. The minimum absolute atomic E-state index is 0.0347. The SMILES string of the molecule is [N-]=[N+]=Nc1ccccc1C(O)(C#Cc1ccccc1)C1CCCCC1. The molecule has 0 radical (unpaired) electrons. The summed E-state index contributed by atoms with van der Waals surface area (Å²) in [6.07, 6.45) is 5.21. The summed E-state index contributed by atoms with van der Waals surface area (Å²) in [5.74, 6) is 6.27. The van der Waals surface area contributed by atoms with Crippen LogP contribution in [0.5, 0.6) is 0 Å². The number of nitrogens with zero attached hydrogens (tertiary/aromatic N) is 3. The molecule has 1 aliphatic carbocycles. The average molecular weight is 331 g/mol. The highest BCUT2D eigenvalue weighted by molar-refractivity contribution is 5.53. The first kappa shape index (κ1) is 17.1. The van der Waals surface area contributed by atoms with Crippen molar-refractivity contribution in [2.75, 3.05) is 0 Å². The Kier molecular flexibility index (Phi) is 5.40. The second-order valence-corrected chi connectivity index (χ2v) is 6.42. The van der Waals surface area contributed by atoms with Crippen molar-refractivity contribution in [3.05, 3.63) is 76.2 Å². The van der Waals surface area contributed by atoms with Gasteiger partial charge in [-0.25, -0.2) is 0 Å². The first-order valence-electron chi connectivity index (χ1n) is 8.69. The number of rotatable bonds is 3. The van der Waals surface area contributed by atoms with Crippen molar-refractivity contribution >= 4 is 5.69 Å². The molecule has 4 heteroatoms. The fourth-order valence-corrected chi connectivity index (χ4v) is 3.53. The zero-order valence-corrected chi connectivity index (χ0v) is 14.1. The Morgan fingerprint density at radius 3 is 2.40 bits per heavy atom. The van der Waals surface area contributed by atoms with Gasteiger partial charge in [0.25, 0.3) is 0 Å². The van der Waals surface area contributed by atoms with Crippen molar-refractivity contribution in [1.29, 1.82) is 0 Å². The third-order valence-corrected chi connectivity index (χ3v) is 4.83. The molecule has 4 nitrogen and oxygen atoms in total. The summed E-state index contributed by atoms with van der Waals surface area (Å²) in [7, 11) is 0. The summed E-state index contributed by atoms with van der Waals surface area (Å²) < 4.78 is 0. The summed E-state index contributed by atoms with van der Waals surface area (Å²) >= 11 is 0. The van der Waals surface area contributed by atoms with Crippen molar-refractivity contribution in [3.63, 3.8) is 0 Å². The Morgan fingerprint density at radius 1 is 1.00 bits per heavy atom. The summed E-state index contributed by atoms with van der Waals surface area (Å²) in [5, 5.41) is 15.4. The Bertz CT molecular complexity index is 825. The number of azide groups is 1. The fourth-order valence-electron chi connectivity index (χ4n) is 3.53. The van der Waals surface area contributed by atoms with E-state index in [1.165, 1.54) is 6.42 Å². The fraction of sp³-hybridized carbons (Fsp3) is 0.333. The van der Waals surface area contributed by atoms with Crippen LogP contribution in [0.25, 0.3) is 10.4 Å². The molecule has 0 saturated heterocycles. The van der Waals surface area contributed by atoms with Crippen LogP contribution in [0.3, 0.4) is 0 Å². The number of hydrogen-bond donors (Lipinski definition) is 1. The molecule has 25 heavy (non-hydrogen) atoms. The third kappa shape index (κ3) is 3.85. The van der Waals surface area contributed by atoms with E-state index in [0.29, 0.717) is 11.3 Å². The van der Waals surface area contributed by atoms with E-state index >= 15 is 0 Å². The van der Waals surface area contributed by atoms with Gasteiger partial charge in [0, 0.05) is 27.6 Å². The van der Waals surface area contributed by atoms with Gasteiger partial charge in [-0.05, 0) is 30.5 Å². The van der Waals surface area contributed by atoms with Gasteiger partial charge in [-0.1, -0.05) is 78.7 Å². The van der Waals surface area contributed by atoms with Gasteiger partial charge in [0.1, 0.15) is 0 Å². The molecule has 0 aromatic heterocycles. The smallest absolute Gasteiger partial charge is 0.154 e. The number of hydrogen-bond acceptors (Lipinski definition) is 2. The van der Waals surface area contributed by atoms with Crippen molar-refractivity contribution in [3.8, 4) is 11.8 Å². The van der Waals surface area contributed by atoms with Crippen LogP contribution in [0.15, 0.2) is 59.7 Å². The molecule has 1 fully saturated rings. The van der Waals surface area contributed by atoms with E-state index in [2.05, 4.69) is 21.9 Å². The molecule has 1 saturated carbocycles. The Balaban J connectivity index is 2.09. The van der Waals surface area contributed by atoms with Crippen LogP contribution in [-0.4, -0.2) is 5.11 Å². The summed E-state index contributed by atoms with van der Waals surface area (Å²) in [4.78, 5) is 2.91. The van der Waals surface area contributed by atoms with Crippen molar-refractivity contribution < 1.29 is 5.11 Å². The molecule has 0 amide bonds. The second kappa shape index (κ2) is 7.90. The summed E-state index contributed by atoms with van der Waals surface area (Å²) in [6, 6.07) is 16.8. The molecule has 1 atom stereocenters. The van der Waals surface area contributed by atoms with Crippen LogP contribution in [0.1, 0.15) is 43.2 Å². The van der Waals surface area contributed by atoms with Gasteiger partial charge in [-0.2, -0.15) is 0 Å².